The lowest BCUT2D eigenvalue weighted by Crippen LogP contribution is -2.30. The molecule has 0 heterocycles. The van der Waals surface area contributed by atoms with Gasteiger partial charge in [-0.25, -0.2) is 0 Å². The molecular formula is C58H102O5. The fourth-order valence-electron chi connectivity index (χ4n) is 7.54. The third kappa shape index (κ3) is 51.9. The fourth-order valence-corrected chi connectivity index (χ4v) is 7.54. The second-order valence-electron chi connectivity index (χ2n) is 17.8. The van der Waals surface area contributed by atoms with Crippen molar-refractivity contribution in [2.75, 3.05) is 19.8 Å². The number of esters is 2. The van der Waals surface area contributed by atoms with Gasteiger partial charge in [-0.15, -0.1) is 0 Å². The Labute approximate surface area is 391 Å². The normalized spacial score (nSPS) is 12.7. The number of hydrogen-bond donors (Lipinski definition) is 0. The van der Waals surface area contributed by atoms with E-state index in [4.69, 9.17) is 14.2 Å². The average Bonchev–Trinajstić information content (AvgIpc) is 3.28. The zero-order chi connectivity index (χ0) is 45.6. The van der Waals surface area contributed by atoms with Crippen LogP contribution in [0.15, 0.2) is 72.9 Å². The summed E-state index contributed by atoms with van der Waals surface area (Å²) < 4.78 is 17.4. The van der Waals surface area contributed by atoms with Crippen molar-refractivity contribution in [3.8, 4) is 0 Å². The highest BCUT2D eigenvalue weighted by atomic mass is 16.6. The quantitative estimate of drug-likeness (QED) is 0.0346. The summed E-state index contributed by atoms with van der Waals surface area (Å²) in [5, 5.41) is 0. The Morgan fingerprint density at radius 1 is 0.365 bits per heavy atom. The first-order valence-electron chi connectivity index (χ1n) is 27.0. The largest absolute Gasteiger partial charge is 0.462 e. The predicted octanol–water partition coefficient (Wildman–Crippen LogP) is 18.3. The van der Waals surface area contributed by atoms with E-state index in [1.54, 1.807) is 0 Å². The van der Waals surface area contributed by atoms with Gasteiger partial charge in [0.1, 0.15) is 6.61 Å². The van der Waals surface area contributed by atoms with Crippen molar-refractivity contribution in [2.24, 2.45) is 0 Å². The minimum absolute atomic E-state index is 0.0572. The molecule has 63 heavy (non-hydrogen) atoms. The molecule has 0 aliphatic rings. The van der Waals surface area contributed by atoms with Crippen LogP contribution in [0, 0.1) is 0 Å². The van der Waals surface area contributed by atoms with Crippen LogP contribution in [-0.2, 0) is 23.8 Å². The monoisotopic (exact) mass is 879 g/mol. The highest BCUT2D eigenvalue weighted by Gasteiger charge is 2.17. The summed E-state index contributed by atoms with van der Waals surface area (Å²) in [7, 11) is 0. The summed E-state index contributed by atoms with van der Waals surface area (Å²) in [4.78, 5) is 25.4. The first-order valence-corrected chi connectivity index (χ1v) is 27.0. The summed E-state index contributed by atoms with van der Waals surface area (Å²) in [6.07, 6.45) is 69.3. The van der Waals surface area contributed by atoms with E-state index in [0.29, 0.717) is 25.9 Å². The van der Waals surface area contributed by atoms with Gasteiger partial charge in [-0.1, -0.05) is 261 Å². The lowest BCUT2D eigenvalue weighted by Gasteiger charge is -2.18. The van der Waals surface area contributed by atoms with Gasteiger partial charge in [-0.3, -0.25) is 9.59 Å². The number of unbranched alkanes of at least 4 members (excludes halogenated alkanes) is 26. The van der Waals surface area contributed by atoms with Crippen LogP contribution < -0.4 is 0 Å². The second kappa shape index (κ2) is 53.7. The maximum atomic E-state index is 12.8. The maximum absolute atomic E-state index is 12.8. The van der Waals surface area contributed by atoms with Crippen molar-refractivity contribution < 1.29 is 23.8 Å². The van der Waals surface area contributed by atoms with Gasteiger partial charge < -0.3 is 14.2 Å². The average molecular weight is 879 g/mol. The Hall–Kier alpha value is -2.66. The van der Waals surface area contributed by atoms with Crippen LogP contribution in [0.1, 0.15) is 258 Å². The van der Waals surface area contributed by atoms with Crippen molar-refractivity contribution >= 4 is 11.9 Å². The van der Waals surface area contributed by atoms with Gasteiger partial charge in [0.2, 0.25) is 0 Å². The zero-order valence-corrected chi connectivity index (χ0v) is 41.8. The molecule has 5 heteroatoms. The summed E-state index contributed by atoms with van der Waals surface area (Å²) in [5.41, 5.74) is 0. The Morgan fingerprint density at radius 2 is 0.714 bits per heavy atom. The molecule has 0 spiro atoms. The zero-order valence-electron chi connectivity index (χ0n) is 41.8. The number of rotatable bonds is 49. The number of carbonyl (C=O) groups is 2. The minimum atomic E-state index is -0.574. The lowest BCUT2D eigenvalue weighted by atomic mass is 10.0. The summed E-state index contributed by atoms with van der Waals surface area (Å²) >= 11 is 0. The Balaban J connectivity index is 4.36. The third-order valence-electron chi connectivity index (χ3n) is 11.5. The van der Waals surface area contributed by atoms with Crippen LogP contribution in [-0.4, -0.2) is 37.9 Å². The number of hydrogen-bond acceptors (Lipinski definition) is 5. The van der Waals surface area contributed by atoms with Gasteiger partial charge in [0.25, 0.3) is 0 Å². The molecule has 0 aromatic heterocycles. The molecule has 0 aliphatic heterocycles. The van der Waals surface area contributed by atoms with E-state index in [0.717, 1.165) is 64.2 Å². The van der Waals surface area contributed by atoms with Crippen LogP contribution in [0.4, 0.5) is 0 Å². The van der Waals surface area contributed by atoms with Crippen LogP contribution in [0.2, 0.25) is 0 Å². The number of ether oxygens (including phenoxy) is 3. The van der Waals surface area contributed by atoms with E-state index in [-0.39, 0.29) is 25.2 Å². The van der Waals surface area contributed by atoms with Crippen molar-refractivity contribution in [1.29, 1.82) is 0 Å². The van der Waals surface area contributed by atoms with Crippen LogP contribution >= 0.6 is 0 Å². The fraction of sp³-hybridized carbons (Fsp3) is 0.759. The molecule has 0 amide bonds. The van der Waals surface area contributed by atoms with Gasteiger partial charge in [0, 0.05) is 19.4 Å². The van der Waals surface area contributed by atoms with Gasteiger partial charge in [-0.2, -0.15) is 0 Å². The first-order chi connectivity index (χ1) is 31.1. The minimum Gasteiger partial charge on any atom is -0.462 e. The standard InChI is InChI=1S/C58H102O5/c1-4-7-10-13-16-19-22-25-27-29-30-31-32-34-37-40-43-46-49-52-58(60)63-56(55-62-57(59)51-48-45-42-39-36-24-21-18-15-12-9-6-3)54-61-53-50-47-44-41-38-35-33-28-26-23-20-17-14-11-8-5-2/h7,10,16,19,25,27,30-31,34,37,43,46,56H,4-6,8-9,11-15,17-18,20-24,26,28-29,32-33,35-36,38-42,44-45,47-55H2,1-3H3/b10-7-,19-16-,27-25-,31-30-,37-34-,46-43-/t56-/m1/s1. The molecule has 0 aliphatic carbocycles. The summed E-state index contributed by atoms with van der Waals surface area (Å²) in [6.45, 7) is 7.66. The van der Waals surface area contributed by atoms with Gasteiger partial charge in [-0.05, 0) is 57.8 Å². The van der Waals surface area contributed by atoms with Crippen molar-refractivity contribution in [2.45, 2.75) is 264 Å². The van der Waals surface area contributed by atoms with Gasteiger partial charge >= 0.3 is 11.9 Å². The molecule has 0 radical (unpaired) electrons. The van der Waals surface area contributed by atoms with Gasteiger partial charge in [0.15, 0.2) is 6.10 Å². The van der Waals surface area contributed by atoms with Gasteiger partial charge in [0.05, 0.1) is 6.61 Å². The SMILES string of the molecule is CC/C=C\C/C=C\C/C=C\C/C=C\C/C=C\C/C=C\CCC(=O)O[C@H](COCCCCCCCCCCCCCCCCCC)COC(=O)CCCCCCCCCCCCCC. The van der Waals surface area contributed by atoms with E-state index in [1.165, 1.54) is 154 Å². The first kappa shape index (κ1) is 60.3. The van der Waals surface area contributed by atoms with E-state index < -0.39 is 6.10 Å². The molecule has 0 bridgehead atoms. The number of allylic oxidation sites excluding steroid dienone is 12. The molecule has 0 aromatic carbocycles. The van der Waals surface area contributed by atoms with E-state index >= 15 is 0 Å². The summed E-state index contributed by atoms with van der Waals surface area (Å²) in [5.74, 6) is -0.485. The molecule has 1 atom stereocenters. The van der Waals surface area contributed by atoms with E-state index in [9.17, 15) is 9.59 Å². The Bertz CT molecular complexity index is 1130. The van der Waals surface area contributed by atoms with Crippen molar-refractivity contribution in [1.82, 2.24) is 0 Å². The van der Waals surface area contributed by atoms with Crippen LogP contribution in [0.3, 0.4) is 0 Å². The van der Waals surface area contributed by atoms with E-state index in [2.05, 4.69) is 87.6 Å². The molecule has 0 unspecified atom stereocenters. The molecular weight excluding hydrogens is 777 g/mol. The highest BCUT2D eigenvalue weighted by Crippen LogP contribution is 2.15. The Morgan fingerprint density at radius 3 is 1.11 bits per heavy atom. The molecule has 5 nitrogen and oxygen atoms in total. The van der Waals surface area contributed by atoms with Crippen LogP contribution in [0.25, 0.3) is 0 Å². The third-order valence-corrected chi connectivity index (χ3v) is 11.5. The van der Waals surface area contributed by atoms with Crippen LogP contribution in [0.5, 0.6) is 0 Å². The van der Waals surface area contributed by atoms with Crippen molar-refractivity contribution in [3.05, 3.63) is 72.9 Å². The topological polar surface area (TPSA) is 61.8 Å². The lowest BCUT2D eigenvalue weighted by molar-refractivity contribution is -0.162. The molecule has 0 rings (SSSR count). The highest BCUT2D eigenvalue weighted by molar-refractivity contribution is 5.70. The molecule has 0 saturated heterocycles. The molecule has 0 saturated carbocycles. The van der Waals surface area contributed by atoms with Crippen molar-refractivity contribution in [3.63, 3.8) is 0 Å². The predicted molar refractivity (Wildman–Crippen MR) is 274 cm³/mol. The molecule has 0 aromatic rings. The molecule has 0 fully saturated rings. The number of carbonyl (C=O) groups excluding carboxylic acids is 2. The Kier molecular flexibility index (Phi) is 51.4. The second-order valence-corrected chi connectivity index (χ2v) is 17.8. The smallest absolute Gasteiger partial charge is 0.306 e. The summed E-state index contributed by atoms with van der Waals surface area (Å²) in [6, 6.07) is 0. The maximum Gasteiger partial charge on any atom is 0.306 e. The molecule has 0 N–H and O–H groups in total. The van der Waals surface area contributed by atoms with E-state index in [1.807, 2.05) is 6.08 Å². The molecule has 364 valence electrons.